The van der Waals surface area contributed by atoms with Gasteiger partial charge >= 0.3 is 6.09 Å². The van der Waals surface area contributed by atoms with Crippen molar-refractivity contribution >= 4 is 40.1 Å². The maximum atomic E-state index is 13.0. The highest BCUT2D eigenvalue weighted by Gasteiger charge is 2.20. The van der Waals surface area contributed by atoms with E-state index in [9.17, 15) is 14.4 Å². The highest BCUT2D eigenvalue weighted by atomic mass is 16.6. The lowest BCUT2D eigenvalue weighted by Crippen LogP contribution is -2.34. The molecule has 0 fully saturated rings. The second-order valence-corrected chi connectivity index (χ2v) is 8.61. The Labute approximate surface area is 193 Å². The van der Waals surface area contributed by atoms with Gasteiger partial charge in [0.25, 0.3) is 5.91 Å². The van der Waals surface area contributed by atoms with Crippen LogP contribution in [0.4, 0.5) is 16.2 Å². The van der Waals surface area contributed by atoms with Gasteiger partial charge in [-0.1, -0.05) is 49.4 Å². The number of carbonyl (C=O) groups is 3. The van der Waals surface area contributed by atoms with Crippen molar-refractivity contribution in [1.29, 1.82) is 0 Å². The SMILES string of the molecule is CCc1ccccc1NC(=O)CNC(=O)c1cc2ccccc2cc1NC(=O)OC(C)(C)C. The first-order valence-electron chi connectivity index (χ1n) is 10.8. The minimum Gasteiger partial charge on any atom is -0.444 e. The first-order chi connectivity index (χ1) is 15.7. The van der Waals surface area contributed by atoms with Crippen LogP contribution in [0.3, 0.4) is 0 Å². The van der Waals surface area contributed by atoms with E-state index >= 15 is 0 Å². The maximum absolute atomic E-state index is 13.0. The first-order valence-corrected chi connectivity index (χ1v) is 10.8. The Morgan fingerprint density at radius 1 is 0.848 bits per heavy atom. The number of benzene rings is 3. The molecular formula is C26H29N3O4. The monoisotopic (exact) mass is 447 g/mol. The largest absolute Gasteiger partial charge is 0.444 e. The number of aryl methyl sites for hydroxylation is 1. The normalized spacial score (nSPS) is 11.0. The van der Waals surface area contributed by atoms with E-state index in [1.807, 2.05) is 55.5 Å². The molecule has 0 aliphatic rings. The van der Waals surface area contributed by atoms with Gasteiger partial charge in [-0.2, -0.15) is 0 Å². The van der Waals surface area contributed by atoms with Gasteiger partial charge in [0.05, 0.1) is 17.8 Å². The van der Waals surface area contributed by atoms with Gasteiger partial charge in [-0.3, -0.25) is 14.9 Å². The second kappa shape index (κ2) is 10.2. The summed E-state index contributed by atoms with van der Waals surface area (Å²) in [5.41, 5.74) is 1.59. The van der Waals surface area contributed by atoms with Gasteiger partial charge < -0.3 is 15.4 Å². The zero-order valence-electron chi connectivity index (χ0n) is 19.3. The van der Waals surface area contributed by atoms with Gasteiger partial charge in [0.1, 0.15) is 5.60 Å². The highest BCUT2D eigenvalue weighted by Crippen LogP contribution is 2.25. The van der Waals surface area contributed by atoms with E-state index in [2.05, 4.69) is 16.0 Å². The number of fused-ring (bicyclic) bond motifs is 1. The average molecular weight is 448 g/mol. The number of carbonyl (C=O) groups excluding carboxylic acids is 3. The second-order valence-electron chi connectivity index (χ2n) is 8.61. The minimum absolute atomic E-state index is 0.213. The summed E-state index contributed by atoms with van der Waals surface area (Å²) >= 11 is 0. The Balaban J connectivity index is 1.77. The number of hydrogen-bond acceptors (Lipinski definition) is 4. The van der Waals surface area contributed by atoms with E-state index in [4.69, 9.17) is 4.74 Å². The summed E-state index contributed by atoms with van der Waals surface area (Å²) in [6.07, 6.45) is 0.111. The quantitative estimate of drug-likeness (QED) is 0.489. The standard InChI is InChI=1S/C26H29N3O4/c1-5-17-10-8-9-13-21(17)28-23(30)16-27-24(31)20-14-18-11-6-7-12-19(18)15-22(20)29-25(32)33-26(2,3)4/h6-15H,5,16H2,1-4H3,(H,27,31)(H,28,30)(H,29,32). The van der Waals surface area contributed by atoms with Gasteiger partial charge in [-0.25, -0.2) is 4.79 Å². The van der Waals surface area contributed by atoms with Crippen LogP contribution in [-0.4, -0.2) is 30.1 Å². The molecule has 7 nitrogen and oxygen atoms in total. The molecule has 3 N–H and O–H groups in total. The molecule has 0 saturated heterocycles. The van der Waals surface area contributed by atoms with Crippen LogP contribution in [0.25, 0.3) is 10.8 Å². The van der Waals surface area contributed by atoms with E-state index in [1.54, 1.807) is 32.9 Å². The van der Waals surface area contributed by atoms with Crippen LogP contribution in [0.1, 0.15) is 43.6 Å². The van der Waals surface area contributed by atoms with Crippen LogP contribution in [0.15, 0.2) is 60.7 Å². The molecule has 0 aromatic heterocycles. The minimum atomic E-state index is -0.684. The molecule has 0 bridgehead atoms. The number of amides is 3. The molecular weight excluding hydrogens is 418 g/mol. The van der Waals surface area contributed by atoms with Gasteiger partial charge in [-0.15, -0.1) is 0 Å². The number of ether oxygens (including phenoxy) is 1. The van der Waals surface area contributed by atoms with Crippen LogP contribution >= 0.6 is 0 Å². The highest BCUT2D eigenvalue weighted by molar-refractivity contribution is 6.08. The third kappa shape index (κ3) is 6.55. The van der Waals surface area contributed by atoms with Crippen LogP contribution in [0.2, 0.25) is 0 Å². The van der Waals surface area contributed by atoms with E-state index in [-0.39, 0.29) is 18.0 Å². The molecule has 3 amide bonds. The predicted molar refractivity (Wildman–Crippen MR) is 131 cm³/mol. The van der Waals surface area contributed by atoms with Gasteiger partial charge in [0.15, 0.2) is 0 Å². The summed E-state index contributed by atoms with van der Waals surface area (Å²) in [6.45, 7) is 7.07. The lowest BCUT2D eigenvalue weighted by molar-refractivity contribution is -0.115. The van der Waals surface area contributed by atoms with Gasteiger partial charge in [0, 0.05) is 5.69 Å². The lowest BCUT2D eigenvalue weighted by atomic mass is 10.0. The molecule has 0 aliphatic heterocycles. The predicted octanol–water partition coefficient (Wildman–Crippen LogP) is 5.12. The molecule has 0 saturated carbocycles. The van der Waals surface area contributed by atoms with Crippen molar-refractivity contribution in [1.82, 2.24) is 5.32 Å². The Morgan fingerprint density at radius 3 is 2.15 bits per heavy atom. The molecule has 3 aromatic rings. The number of para-hydroxylation sites is 1. The fraction of sp³-hybridized carbons (Fsp3) is 0.269. The number of rotatable bonds is 6. The van der Waals surface area contributed by atoms with Crippen LogP contribution < -0.4 is 16.0 Å². The Hall–Kier alpha value is -3.87. The molecule has 0 spiro atoms. The number of anilines is 2. The summed E-state index contributed by atoms with van der Waals surface area (Å²) in [6, 6.07) is 18.4. The van der Waals surface area contributed by atoms with Crippen molar-refractivity contribution in [3.63, 3.8) is 0 Å². The topological polar surface area (TPSA) is 96.5 Å². The molecule has 0 unspecified atom stereocenters. The smallest absolute Gasteiger partial charge is 0.412 e. The fourth-order valence-electron chi connectivity index (χ4n) is 3.35. The van der Waals surface area contributed by atoms with E-state index in [0.717, 1.165) is 28.4 Å². The van der Waals surface area contributed by atoms with Crippen molar-refractivity contribution in [2.24, 2.45) is 0 Å². The molecule has 0 heterocycles. The third-order valence-corrected chi connectivity index (χ3v) is 4.85. The maximum Gasteiger partial charge on any atom is 0.412 e. The molecule has 7 heteroatoms. The molecule has 172 valence electrons. The summed E-state index contributed by atoms with van der Waals surface area (Å²) in [5, 5.41) is 9.81. The van der Waals surface area contributed by atoms with E-state index in [1.165, 1.54) is 0 Å². The van der Waals surface area contributed by atoms with Crippen molar-refractivity contribution in [2.45, 2.75) is 39.7 Å². The number of nitrogens with one attached hydrogen (secondary N) is 3. The Bertz CT molecular complexity index is 1180. The Morgan fingerprint density at radius 2 is 1.48 bits per heavy atom. The van der Waals surface area contributed by atoms with Crippen LogP contribution in [-0.2, 0) is 16.0 Å². The number of hydrogen-bond donors (Lipinski definition) is 3. The summed E-state index contributed by atoms with van der Waals surface area (Å²) in [7, 11) is 0. The van der Waals surface area contributed by atoms with Gasteiger partial charge in [0.2, 0.25) is 5.91 Å². The van der Waals surface area contributed by atoms with Gasteiger partial charge in [-0.05, 0) is 61.7 Å². The third-order valence-electron chi connectivity index (χ3n) is 4.85. The van der Waals surface area contributed by atoms with Crippen LogP contribution in [0, 0.1) is 0 Å². The molecule has 33 heavy (non-hydrogen) atoms. The summed E-state index contributed by atoms with van der Waals surface area (Å²) in [4.78, 5) is 37.7. The van der Waals surface area contributed by atoms with E-state index < -0.39 is 17.6 Å². The molecule has 3 rings (SSSR count). The summed E-state index contributed by atoms with van der Waals surface area (Å²) < 4.78 is 5.33. The van der Waals surface area contributed by atoms with Crippen molar-refractivity contribution < 1.29 is 19.1 Å². The average Bonchev–Trinajstić information content (AvgIpc) is 2.76. The van der Waals surface area contributed by atoms with Crippen molar-refractivity contribution in [2.75, 3.05) is 17.2 Å². The van der Waals surface area contributed by atoms with Crippen LogP contribution in [0.5, 0.6) is 0 Å². The molecule has 0 aliphatic carbocycles. The lowest BCUT2D eigenvalue weighted by Gasteiger charge is -2.20. The Kier molecular flexibility index (Phi) is 7.33. The molecule has 0 atom stereocenters. The molecule has 0 radical (unpaired) electrons. The summed E-state index contributed by atoms with van der Waals surface area (Å²) in [5.74, 6) is -0.822. The first kappa shape index (κ1) is 23.8. The van der Waals surface area contributed by atoms with Crippen molar-refractivity contribution in [3.05, 3.63) is 71.8 Å². The van der Waals surface area contributed by atoms with Crippen molar-refractivity contribution in [3.8, 4) is 0 Å². The van der Waals surface area contributed by atoms with E-state index in [0.29, 0.717) is 5.69 Å². The zero-order chi connectivity index (χ0) is 24.0. The zero-order valence-corrected chi connectivity index (χ0v) is 19.3. The fourth-order valence-corrected chi connectivity index (χ4v) is 3.35. The molecule has 3 aromatic carbocycles.